The van der Waals surface area contributed by atoms with Crippen molar-refractivity contribution in [3.8, 4) is 0 Å². The number of hydrogen-bond donors (Lipinski definition) is 0. The van der Waals surface area contributed by atoms with E-state index in [-0.39, 0.29) is 5.56 Å². The van der Waals surface area contributed by atoms with Crippen molar-refractivity contribution >= 4 is 0 Å². The monoisotopic (exact) mass is 272 g/mol. The summed E-state index contributed by atoms with van der Waals surface area (Å²) in [6.07, 6.45) is 7.38. The predicted octanol–water partition coefficient (Wildman–Crippen LogP) is 1.82. The van der Waals surface area contributed by atoms with Crippen LogP contribution in [0.15, 0.2) is 21.7 Å². The van der Waals surface area contributed by atoms with Gasteiger partial charge in [-0.1, -0.05) is 11.6 Å². The molecular formula is C14H16N4O2. The van der Waals surface area contributed by atoms with Gasteiger partial charge < -0.3 is 4.52 Å². The summed E-state index contributed by atoms with van der Waals surface area (Å²) in [5, 5.41) is 3.93. The summed E-state index contributed by atoms with van der Waals surface area (Å²) in [6.45, 7) is 0.326. The van der Waals surface area contributed by atoms with Crippen LogP contribution in [0.5, 0.6) is 0 Å². The summed E-state index contributed by atoms with van der Waals surface area (Å²) in [6, 6.07) is 1.64. The Balaban J connectivity index is 1.53. The van der Waals surface area contributed by atoms with E-state index < -0.39 is 0 Å². The van der Waals surface area contributed by atoms with Crippen molar-refractivity contribution < 1.29 is 4.52 Å². The zero-order chi connectivity index (χ0) is 13.5. The molecule has 2 aromatic heterocycles. The zero-order valence-electron chi connectivity index (χ0n) is 11.2. The molecule has 0 bridgehead atoms. The van der Waals surface area contributed by atoms with Gasteiger partial charge in [0.25, 0.3) is 5.56 Å². The molecule has 0 saturated heterocycles. The SMILES string of the molecule is O=c1cc(C2CCC2)ncn1Cc1noc(C2CC2)n1. The van der Waals surface area contributed by atoms with E-state index in [1.54, 1.807) is 12.4 Å². The highest BCUT2D eigenvalue weighted by molar-refractivity contribution is 5.10. The lowest BCUT2D eigenvalue weighted by Crippen LogP contribution is -2.23. The summed E-state index contributed by atoms with van der Waals surface area (Å²) in [5.41, 5.74) is 0.879. The maximum absolute atomic E-state index is 12.1. The van der Waals surface area contributed by atoms with E-state index in [1.807, 2.05) is 0 Å². The fourth-order valence-electron chi connectivity index (χ4n) is 2.47. The van der Waals surface area contributed by atoms with E-state index in [9.17, 15) is 4.79 Å². The first-order valence-corrected chi connectivity index (χ1v) is 7.18. The van der Waals surface area contributed by atoms with Crippen LogP contribution in [0.1, 0.15) is 61.3 Å². The minimum absolute atomic E-state index is 0.0420. The maximum atomic E-state index is 12.1. The summed E-state index contributed by atoms with van der Waals surface area (Å²) < 4.78 is 6.72. The van der Waals surface area contributed by atoms with Crippen LogP contribution >= 0.6 is 0 Å². The molecule has 4 rings (SSSR count). The lowest BCUT2D eigenvalue weighted by atomic mass is 9.83. The van der Waals surface area contributed by atoms with Gasteiger partial charge in [-0.15, -0.1) is 0 Å². The van der Waals surface area contributed by atoms with E-state index in [0.717, 1.165) is 31.4 Å². The van der Waals surface area contributed by atoms with Gasteiger partial charge in [-0.3, -0.25) is 9.36 Å². The van der Waals surface area contributed by atoms with E-state index >= 15 is 0 Å². The van der Waals surface area contributed by atoms with Gasteiger partial charge >= 0.3 is 0 Å². The molecule has 20 heavy (non-hydrogen) atoms. The smallest absolute Gasteiger partial charge is 0.253 e. The van der Waals surface area contributed by atoms with Gasteiger partial charge in [0.2, 0.25) is 5.89 Å². The highest BCUT2D eigenvalue weighted by Crippen LogP contribution is 2.38. The van der Waals surface area contributed by atoms with E-state index in [4.69, 9.17) is 4.52 Å². The highest BCUT2D eigenvalue weighted by Gasteiger charge is 2.29. The number of nitrogens with zero attached hydrogens (tertiary/aromatic N) is 4. The van der Waals surface area contributed by atoms with Gasteiger partial charge in [0.15, 0.2) is 5.82 Å². The number of aromatic nitrogens is 4. The van der Waals surface area contributed by atoms with Crippen LogP contribution in [0, 0.1) is 0 Å². The predicted molar refractivity (Wildman–Crippen MR) is 70.5 cm³/mol. The Morgan fingerprint density at radius 1 is 1.25 bits per heavy atom. The molecule has 2 aliphatic carbocycles. The Hall–Kier alpha value is -1.98. The summed E-state index contributed by atoms with van der Waals surface area (Å²) in [5.74, 6) is 2.16. The summed E-state index contributed by atoms with van der Waals surface area (Å²) >= 11 is 0. The van der Waals surface area contributed by atoms with Gasteiger partial charge in [0.05, 0.1) is 18.6 Å². The van der Waals surface area contributed by atoms with E-state index in [2.05, 4.69) is 15.1 Å². The van der Waals surface area contributed by atoms with Gasteiger partial charge in [-0.2, -0.15) is 4.98 Å². The number of rotatable bonds is 4. The normalized spacial score (nSPS) is 19.0. The first-order valence-electron chi connectivity index (χ1n) is 7.18. The van der Waals surface area contributed by atoms with Crippen molar-refractivity contribution in [1.29, 1.82) is 0 Å². The molecule has 0 aliphatic heterocycles. The molecule has 6 heteroatoms. The molecule has 0 unspecified atom stereocenters. The van der Waals surface area contributed by atoms with Crippen LogP contribution in [0.4, 0.5) is 0 Å². The molecule has 0 aromatic carbocycles. The molecular weight excluding hydrogens is 256 g/mol. The second-order valence-electron chi connectivity index (χ2n) is 5.73. The van der Waals surface area contributed by atoms with Gasteiger partial charge in [-0.05, 0) is 25.7 Å². The fourth-order valence-corrected chi connectivity index (χ4v) is 2.47. The third-order valence-electron chi connectivity index (χ3n) is 4.15. The largest absolute Gasteiger partial charge is 0.339 e. The standard InChI is InChI=1S/C14H16N4O2/c19-13-6-11(9-2-1-3-9)15-8-18(13)7-12-16-14(20-17-12)10-4-5-10/h6,8-10H,1-5,7H2. The van der Waals surface area contributed by atoms with Crippen LogP contribution < -0.4 is 5.56 Å². The molecule has 0 spiro atoms. The zero-order valence-corrected chi connectivity index (χ0v) is 11.2. The molecule has 2 saturated carbocycles. The molecule has 0 radical (unpaired) electrons. The second-order valence-corrected chi connectivity index (χ2v) is 5.73. The minimum Gasteiger partial charge on any atom is -0.339 e. The van der Waals surface area contributed by atoms with Crippen LogP contribution in [0.2, 0.25) is 0 Å². The summed E-state index contributed by atoms with van der Waals surface area (Å²) in [7, 11) is 0. The second kappa shape index (κ2) is 4.54. The van der Waals surface area contributed by atoms with Crippen molar-refractivity contribution in [3.05, 3.63) is 40.2 Å². The first-order chi connectivity index (χ1) is 9.79. The van der Waals surface area contributed by atoms with Crippen molar-refractivity contribution in [2.45, 2.75) is 50.5 Å². The highest BCUT2D eigenvalue weighted by atomic mass is 16.5. The fraction of sp³-hybridized carbons (Fsp3) is 0.571. The third kappa shape index (κ3) is 2.15. The van der Waals surface area contributed by atoms with E-state index in [1.165, 1.54) is 11.0 Å². The van der Waals surface area contributed by atoms with E-state index in [0.29, 0.717) is 30.1 Å². The Morgan fingerprint density at radius 2 is 2.10 bits per heavy atom. The van der Waals surface area contributed by atoms with Crippen LogP contribution in [0.25, 0.3) is 0 Å². The summed E-state index contributed by atoms with van der Waals surface area (Å²) in [4.78, 5) is 20.8. The molecule has 2 aliphatic rings. The lowest BCUT2D eigenvalue weighted by molar-refractivity contribution is 0.372. The van der Waals surface area contributed by atoms with Crippen LogP contribution in [0.3, 0.4) is 0 Å². The van der Waals surface area contributed by atoms with Crippen LogP contribution in [-0.2, 0) is 6.54 Å². The van der Waals surface area contributed by atoms with Crippen LogP contribution in [-0.4, -0.2) is 19.7 Å². The molecule has 0 N–H and O–H groups in total. The molecule has 2 heterocycles. The lowest BCUT2D eigenvalue weighted by Gasteiger charge is -2.24. The average molecular weight is 272 g/mol. The number of hydrogen-bond acceptors (Lipinski definition) is 5. The van der Waals surface area contributed by atoms with Gasteiger partial charge in [0.1, 0.15) is 0 Å². The minimum atomic E-state index is -0.0420. The van der Waals surface area contributed by atoms with Crippen molar-refractivity contribution in [2.24, 2.45) is 0 Å². The topological polar surface area (TPSA) is 73.8 Å². The quantitative estimate of drug-likeness (QED) is 0.848. The van der Waals surface area contributed by atoms with Gasteiger partial charge in [-0.25, -0.2) is 4.98 Å². The Kier molecular flexibility index (Phi) is 2.68. The molecule has 2 fully saturated rings. The Bertz CT molecular complexity index is 682. The first kappa shape index (κ1) is 11.8. The maximum Gasteiger partial charge on any atom is 0.253 e. The van der Waals surface area contributed by atoms with Crippen molar-refractivity contribution in [3.63, 3.8) is 0 Å². The third-order valence-corrected chi connectivity index (χ3v) is 4.15. The molecule has 2 aromatic rings. The average Bonchev–Trinajstić information content (AvgIpc) is 3.12. The Morgan fingerprint density at radius 3 is 2.75 bits per heavy atom. The van der Waals surface area contributed by atoms with Crippen molar-refractivity contribution in [1.82, 2.24) is 19.7 Å². The van der Waals surface area contributed by atoms with Gasteiger partial charge in [0, 0.05) is 17.9 Å². The molecule has 0 atom stereocenters. The Labute approximate surface area is 115 Å². The molecule has 0 amide bonds. The molecule has 6 nitrogen and oxygen atoms in total. The molecule has 104 valence electrons. The van der Waals surface area contributed by atoms with Crippen molar-refractivity contribution in [2.75, 3.05) is 0 Å².